The van der Waals surface area contributed by atoms with Crippen molar-refractivity contribution in [3.8, 4) is 0 Å². The molecule has 0 aromatic carbocycles. The molecule has 0 N–H and O–H groups in total. The summed E-state index contributed by atoms with van der Waals surface area (Å²) in [4.78, 5) is 0. The van der Waals surface area contributed by atoms with Gasteiger partial charge in [-0.25, -0.2) is 0 Å². The van der Waals surface area contributed by atoms with Crippen LogP contribution < -0.4 is 0 Å². The second-order valence-corrected chi connectivity index (χ2v) is 1.83. The van der Waals surface area contributed by atoms with Crippen molar-refractivity contribution in [2.24, 2.45) is 0 Å². The van der Waals surface area contributed by atoms with Gasteiger partial charge in [0.25, 0.3) is 0 Å². The summed E-state index contributed by atoms with van der Waals surface area (Å²) in [5.41, 5.74) is 0. The van der Waals surface area contributed by atoms with E-state index in [0.29, 0.717) is 6.42 Å². The molecular formula is C5H7F2N. The number of nitrogens with zero attached hydrogens (tertiary/aromatic N) is 1. The Balaban J connectivity index is 2.36. The molecule has 8 heavy (non-hydrogen) atoms. The second kappa shape index (κ2) is 2.22. The molecule has 0 heterocycles. The van der Waals surface area contributed by atoms with Gasteiger partial charge in [-0.05, 0) is 12.8 Å². The molecular weight excluding hydrogens is 112 g/mol. The van der Waals surface area contributed by atoms with Crippen molar-refractivity contribution in [3.63, 3.8) is 0 Å². The predicted molar refractivity (Wildman–Crippen MR) is 26.2 cm³/mol. The maximum atomic E-state index is 11.5. The van der Waals surface area contributed by atoms with Gasteiger partial charge >= 0.3 is 0 Å². The van der Waals surface area contributed by atoms with E-state index in [1.807, 2.05) is 0 Å². The summed E-state index contributed by atoms with van der Waals surface area (Å²) < 4.78 is 23.0. The van der Waals surface area contributed by atoms with E-state index in [0.717, 1.165) is 6.42 Å². The summed E-state index contributed by atoms with van der Waals surface area (Å²) in [5, 5.41) is -0.747. The molecule has 0 saturated heterocycles. The van der Waals surface area contributed by atoms with Gasteiger partial charge in [0.1, 0.15) is 0 Å². The van der Waals surface area contributed by atoms with E-state index in [1.165, 1.54) is 6.08 Å². The lowest BCUT2D eigenvalue weighted by Crippen LogP contribution is -2.14. The molecule has 0 fully saturated rings. The van der Waals surface area contributed by atoms with Crippen molar-refractivity contribution in [3.05, 3.63) is 12.2 Å². The van der Waals surface area contributed by atoms with Crippen LogP contribution in [0.4, 0.5) is 8.96 Å². The van der Waals surface area contributed by atoms with E-state index in [9.17, 15) is 8.96 Å². The van der Waals surface area contributed by atoms with E-state index in [-0.39, 0.29) is 0 Å². The van der Waals surface area contributed by atoms with E-state index >= 15 is 0 Å². The summed E-state index contributed by atoms with van der Waals surface area (Å²) in [7, 11) is 0. The van der Waals surface area contributed by atoms with Gasteiger partial charge in [-0.3, -0.25) is 0 Å². The molecule has 1 unspecified atom stereocenters. The van der Waals surface area contributed by atoms with Crippen molar-refractivity contribution in [1.29, 1.82) is 0 Å². The third-order valence-electron chi connectivity index (χ3n) is 1.24. The maximum absolute atomic E-state index is 11.5. The van der Waals surface area contributed by atoms with E-state index in [2.05, 4.69) is 0 Å². The number of hydrogen-bond acceptors (Lipinski definition) is 1. The Morgan fingerprint density at radius 2 is 2.25 bits per heavy atom. The molecule has 0 bridgehead atoms. The minimum Gasteiger partial charge on any atom is -0.101 e. The Hall–Kier alpha value is -0.440. The summed E-state index contributed by atoms with van der Waals surface area (Å²) in [6, 6.07) is -0.616. The van der Waals surface area contributed by atoms with Gasteiger partial charge in [-0.1, -0.05) is 12.2 Å². The first kappa shape index (κ1) is 5.69. The topological polar surface area (TPSA) is 3.24 Å². The van der Waals surface area contributed by atoms with Gasteiger partial charge in [-0.15, -0.1) is 8.96 Å². The normalized spacial score (nSPS) is 27.6. The highest BCUT2D eigenvalue weighted by Gasteiger charge is 2.16. The van der Waals surface area contributed by atoms with Gasteiger partial charge in [0.05, 0.1) is 6.04 Å². The average Bonchev–Trinajstić information content (AvgIpc) is 2.12. The summed E-state index contributed by atoms with van der Waals surface area (Å²) in [5.74, 6) is 0. The molecule has 1 rings (SSSR count). The first-order valence-electron chi connectivity index (χ1n) is 2.58. The van der Waals surface area contributed by atoms with Crippen LogP contribution in [0.25, 0.3) is 0 Å². The molecule has 1 aliphatic rings. The Bertz CT molecular complexity index is 101. The Morgan fingerprint density at radius 1 is 1.50 bits per heavy atom. The average molecular weight is 119 g/mol. The fourth-order valence-corrected chi connectivity index (χ4v) is 0.779. The van der Waals surface area contributed by atoms with Crippen LogP contribution in [0.2, 0.25) is 0 Å². The van der Waals surface area contributed by atoms with Crippen LogP contribution in [0.3, 0.4) is 0 Å². The first-order chi connectivity index (χ1) is 3.80. The Morgan fingerprint density at radius 3 is 2.50 bits per heavy atom. The fourth-order valence-electron chi connectivity index (χ4n) is 0.779. The van der Waals surface area contributed by atoms with Crippen LogP contribution in [0.5, 0.6) is 0 Å². The highest BCUT2D eigenvalue weighted by molar-refractivity contribution is 4.98. The molecule has 3 heteroatoms. The lowest BCUT2D eigenvalue weighted by atomic mass is 10.3. The van der Waals surface area contributed by atoms with E-state index in [4.69, 9.17) is 0 Å². The Kier molecular flexibility index (Phi) is 1.58. The summed E-state index contributed by atoms with van der Waals surface area (Å²) >= 11 is 0. The second-order valence-electron chi connectivity index (χ2n) is 1.83. The van der Waals surface area contributed by atoms with Crippen molar-refractivity contribution < 1.29 is 8.96 Å². The maximum Gasteiger partial charge on any atom is 0.0913 e. The standard InChI is InChI=1S/C5H7F2N/c6-8(7)5-3-1-2-4-5/h1,3,5H,2,4H2. The van der Waals surface area contributed by atoms with Gasteiger partial charge in [0, 0.05) is 5.34 Å². The van der Waals surface area contributed by atoms with Gasteiger partial charge < -0.3 is 0 Å². The van der Waals surface area contributed by atoms with Crippen molar-refractivity contribution >= 4 is 0 Å². The van der Waals surface area contributed by atoms with Crippen LogP contribution >= 0.6 is 0 Å². The summed E-state index contributed by atoms with van der Waals surface area (Å²) in [6.07, 6.45) is 4.65. The van der Waals surface area contributed by atoms with Crippen molar-refractivity contribution in [2.45, 2.75) is 18.9 Å². The monoisotopic (exact) mass is 119 g/mol. The number of rotatable bonds is 1. The van der Waals surface area contributed by atoms with Gasteiger partial charge in [0.2, 0.25) is 0 Å². The zero-order valence-corrected chi connectivity index (χ0v) is 4.35. The molecule has 1 aliphatic carbocycles. The quantitative estimate of drug-likeness (QED) is 0.375. The van der Waals surface area contributed by atoms with E-state index in [1.54, 1.807) is 6.08 Å². The molecule has 1 atom stereocenters. The Labute approximate surface area is 46.5 Å². The van der Waals surface area contributed by atoms with E-state index < -0.39 is 11.4 Å². The van der Waals surface area contributed by atoms with Crippen LogP contribution in [0.15, 0.2) is 12.2 Å². The number of hydrogen-bond donors (Lipinski definition) is 0. The SMILES string of the molecule is FN(F)C1C=CCC1. The van der Waals surface area contributed by atoms with Crippen LogP contribution in [-0.4, -0.2) is 11.4 Å². The van der Waals surface area contributed by atoms with Gasteiger partial charge in [0.15, 0.2) is 0 Å². The zero-order valence-electron chi connectivity index (χ0n) is 4.35. The van der Waals surface area contributed by atoms with Gasteiger partial charge in [-0.2, -0.15) is 0 Å². The van der Waals surface area contributed by atoms with Crippen LogP contribution in [0.1, 0.15) is 12.8 Å². The molecule has 46 valence electrons. The highest BCUT2D eigenvalue weighted by Crippen LogP contribution is 2.16. The highest BCUT2D eigenvalue weighted by atomic mass is 19.4. The van der Waals surface area contributed by atoms with Crippen molar-refractivity contribution in [2.75, 3.05) is 0 Å². The largest absolute Gasteiger partial charge is 0.101 e. The van der Waals surface area contributed by atoms with Crippen LogP contribution in [-0.2, 0) is 0 Å². The lowest BCUT2D eigenvalue weighted by molar-refractivity contribution is -0.174. The third kappa shape index (κ3) is 1.04. The molecule has 0 spiro atoms. The molecule has 1 nitrogen and oxygen atoms in total. The smallest absolute Gasteiger partial charge is 0.0913 e. The lowest BCUT2D eigenvalue weighted by Gasteiger charge is -2.04. The summed E-state index contributed by atoms with van der Waals surface area (Å²) in [6.45, 7) is 0. The van der Waals surface area contributed by atoms with Crippen LogP contribution in [0, 0.1) is 0 Å². The fraction of sp³-hybridized carbons (Fsp3) is 0.600. The third-order valence-corrected chi connectivity index (χ3v) is 1.24. The molecule has 0 aliphatic heterocycles. The minimum absolute atomic E-state index is 0.562. The van der Waals surface area contributed by atoms with Crippen molar-refractivity contribution in [1.82, 2.24) is 5.34 Å². The molecule has 0 saturated carbocycles. The number of allylic oxidation sites excluding steroid dienone is 1. The molecule has 0 aromatic rings. The number of halogens is 2. The molecule has 0 radical (unpaired) electrons. The minimum atomic E-state index is -0.747. The first-order valence-corrected chi connectivity index (χ1v) is 2.58. The predicted octanol–water partition coefficient (Wildman–Crippen LogP) is 1.78. The molecule has 0 aromatic heterocycles. The zero-order chi connectivity index (χ0) is 5.98. The molecule has 0 amide bonds.